The van der Waals surface area contributed by atoms with Gasteiger partial charge in [0.15, 0.2) is 21.3 Å². The van der Waals surface area contributed by atoms with Crippen LogP contribution in [0.5, 0.6) is 0 Å². The van der Waals surface area contributed by atoms with Crippen molar-refractivity contribution < 1.29 is 27.8 Å². The van der Waals surface area contributed by atoms with Crippen LogP contribution in [0.4, 0.5) is 8.78 Å². The largest absolute Gasteiger partial charge is 0.456 e. The number of halogens is 2. The average Bonchev–Trinajstić information content (AvgIpc) is 2.96. The van der Waals surface area contributed by atoms with Crippen molar-refractivity contribution in [2.75, 3.05) is 6.61 Å². The van der Waals surface area contributed by atoms with Gasteiger partial charge in [-0.1, -0.05) is 66.7 Å². The molecule has 2 unspecified atom stereocenters. The highest BCUT2D eigenvalue weighted by Crippen LogP contribution is 2.59. The van der Waals surface area contributed by atoms with Gasteiger partial charge in [0.2, 0.25) is 0 Å². The summed E-state index contributed by atoms with van der Waals surface area (Å²) in [5, 5.41) is 0. The normalized spacial score (nSPS) is 24.4. The molecule has 0 heterocycles. The van der Waals surface area contributed by atoms with E-state index < -0.39 is 30.1 Å². The molecule has 0 radical (unpaired) electrons. The van der Waals surface area contributed by atoms with E-state index in [4.69, 9.17) is 4.74 Å². The third kappa shape index (κ3) is 6.89. The zero-order valence-electron chi connectivity index (χ0n) is 23.1. The first-order chi connectivity index (χ1) is 19.6. The summed E-state index contributed by atoms with van der Waals surface area (Å²) in [6.07, 6.45) is 4.53. The van der Waals surface area contributed by atoms with E-state index in [0.717, 1.165) is 32.1 Å². The molecule has 7 rings (SSSR count). The molecular formula is C34H35F2O4S+. The molecule has 0 N–H and O–H groups in total. The van der Waals surface area contributed by atoms with Crippen LogP contribution in [0.1, 0.15) is 39.0 Å². The summed E-state index contributed by atoms with van der Waals surface area (Å²) in [5.74, 6) is -4.73. The van der Waals surface area contributed by atoms with Gasteiger partial charge in [-0.25, -0.2) is 9.59 Å². The van der Waals surface area contributed by atoms with Crippen molar-refractivity contribution >= 4 is 22.8 Å². The number of carbonyl (C=O) groups excluding carboxylic acids is 2. The number of benzene rings is 3. The SMILES string of the molecule is C=C1C2CC3CC1CC(OC(=O)COC(=O)C(C)(F)F)(C3)C2.c1ccc([S+](c2ccccc2)c2ccccc2)cc1. The van der Waals surface area contributed by atoms with E-state index in [1.165, 1.54) is 20.3 Å². The summed E-state index contributed by atoms with van der Waals surface area (Å²) in [4.78, 5) is 26.9. The van der Waals surface area contributed by atoms with Crippen molar-refractivity contribution in [2.24, 2.45) is 17.8 Å². The van der Waals surface area contributed by atoms with Crippen LogP contribution in [-0.2, 0) is 30.0 Å². The Bertz CT molecular complexity index is 1250. The molecule has 2 atom stereocenters. The first-order valence-electron chi connectivity index (χ1n) is 14.0. The molecule has 4 aliphatic rings. The summed E-state index contributed by atoms with van der Waals surface area (Å²) in [5.41, 5.74) is 0.746. The Morgan fingerprint density at radius 3 is 1.68 bits per heavy atom. The van der Waals surface area contributed by atoms with E-state index in [-0.39, 0.29) is 10.9 Å². The maximum Gasteiger partial charge on any atom is 0.377 e. The number of allylic oxidation sites excluding steroid dienone is 1. The predicted molar refractivity (Wildman–Crippen MR) is 155 cm³/mol. The second-order valence-corrected chi connectivity index (χ2v) is 13.3. The van der Waals surface area contributed by atoms with Crippen molar-refractivity contribution in [1.29, 1.82) is 0 Å². The summed E-state index contributed by atoms with van der Waals surface area (Å²) in [6.45, 7) is 3.83. The third-order valence-corrected chi connectivity index (χ3v) is 10.4. The van der Waals surface area contributed by atoms with Crippen LogP contribution >= 0.6 is 0 Å². The Hall–Kier alpha value is -3.45. The van der Waals surface area contributed by atoms with E-state index in [1.54, 1.807) is 0 Å². The number of alkyl halides is 2. The zero-order valence-corrected chi connectivity index (χ0v) is 24.0. The average molecular weight is 578 g/mol. The predicted octanol–water partition coefficient (Wildman–Crippen LogP) is 7.64. The van der Waals surface area contributed by atoms with E-state index in [9.17, 15) is 18.4 Å². The molecule has 41 heavy (non-hydrogen) atoms. The number of rotatable bonds is 7. The van der Waals surface area contributed by atoms with Gasteiger partial charge in [0.25, 0.3) is 0 Å². The quantitative estimate of drug-likeness (QED) is 0.165. The van der Waals surface area contributed by atoms with E-state index in [2.05, 4.69) is 102 Å². The van der Waals surface area contributed by atoms with Gasteiger partial charge in [0.05, 0.1) is 10.9 Å². The Kier molecular flexibility index (Phi) is 8.64. The van der Waals surface area contributed by atoms with Gasteiger partial charge >= 0.3 is 17.9 Å². The molecule has 0 saturated heterocycles. The van der Waals surface area contributed by atoms with Crippen molar-refractivity contribution in [3.05, 3.63) is 103 Å². The molecule has 4 fully saturated rings. The van der Waals surface area contributed by atoms with E-state index in [1.807, 2.05) is 0 Å². The van der Waals surface area contributed by atoms with Crippen molar-refractivity contribution in [3.8, 4) is 0 Å². The topological polar surface area (TPSA) is 52.6 Å². The molecule has 4 saturated carbocycles. The molecule has 4 nitrogen and oxygen atoms in total. The molecule has 4 bridgehead atoms. The lowest BCUT2D eigenvalue weighted by atomic mass is 9.52. The maximum atomic E-state index is 12.7. The van der Waals surface area contributed by atoms with Gasteiger partial charge in [-0.15, -0.1) is 0 Å². The lowest BCUT2D eigenvalue weighted by Gasteiger charge is -2.56. The van der Waals surface area contributed by atoms with Crippen LogP contribution in [0.2, 0.25) is 0 Å². The van der Waals surface area contributed by atoms with Crippen LogP contribution in [0, 0.1) is 17.8 Å². The highest BCUT2D eigenvalue weighted by molar-refractivity contribution is 7.97. The second kappa shape index (κ2) is 12.2. The number of esters is 2. The monoisotopic (exact) mass is 577 g/mol. The fourth-order valence-electron chi connectivity index (χ4n) is 6.53. The van der Waals surface area contributed by atoms with Gasteiger partial charge in [0.1, 0.15) is 5.60 Å². The molecule has 0 aromatic heterocycles. The fourth-order valence-corrected chi connectivity index (χ4v) is 8.64. The van der Waals surface area contributed by atoms with Gasteiger partial charge in [-0.05, 0) is 86.3 Å². The lowest BCUT2D eigenvalue weighted by molar-refractivity contribution is -0.191. The minimum absolute atomic E-state index is 0.0146. The Labute approximate surface area is 243 Å². The maximum absolute atomic E-state index is 12.7. The second-order valence-electron chi connectivity index (χ2n) is 11.3. The summed E-state index contributed by atoms with van der Waals surface area (Å²) in [6, 6.07) is 32.2. The third-order valence-electron chi connectivity index (χ3n) is 8.13. The molecule has 214 valence electrons. The Morgan fingerprint density at radius 2 is 1.27 bits per heavy atom. The molecule has 3 aromatic rings. The summed E-state index contributed by atoms with van der Waals surface area (Å²) < 4.78 is 35.3. The lowest BCUT2D eigenvalue weighted by Crippen LogP contribution is -2.54. The molecule has 0 spiro atoms. The van der Waals surface area contributed by atoms with Crippen LogP contribution < -0.4 is 0 Å². The number of ether oxygens (including phenoxy) is 2. The van der Waals surface area contributed by atoms with Gasteiger partial charge in [-0.3, -0.25) is 0 Å². The van der Waals surface area contributed by atoms with Crippen molar-refractivity contribution in [1.82, 2.24) is 0 Å². The standard InChI is InChI=1S/C18H15S.C16H20F2O4/c1-4-10-16(11-5-1)19(17-12-6-2-7-13-17)18-14-8-3-9-15-18;1-9-11-3-10-4-12(9)7-16(5-10,6-11)22-13(19)8-21-14(20)15(2,17)18/h1-15H;10-12H,1,3-8H2,2H3/q+1;. The molecule has 4 aliphatic carbocycles. The Balaban J connectivity index is 0.000000166. The minimum atomic E-state index is -3.60. The van der Waals surface area contributed by atoms with Gasteiger partial charge < -0.3 is 9.47 Å². The molecule has 3 aromatic carbocycles. The summed E-state index contributed by atoms with van der Waals surface area (Å²) >= 11 is 0. The molecular weight excluding hydrogens is 542 g/mol. The van der Waals surface area contributed by atoms with Crippen molar-refractivity contribution in [2.45, 2.75) is 65.2 Å². The number of hydrogen-bond acceptors (Lipinski definition) is 4. The summed E-state index contributed by atoms with van der Waals surface area (Å²) in [7, 11) is -0.0146. The first-order valence-corrected chi connectivity index (χ1v) is 15.2. The van der Waals surface area contributed by atoms with Gasteiger partial charge in [0, 0.05) is 6.92 Å². The van der Waals surface area contributed by atoms with Crippen molar-refractivity contribution in [3.63, 3.8) is 0 Å². The van der Waals surface area contributed by atoms with Crippen LogP contribution in [0.3, 0.4) is 0 Å². The van der Waals surface area contributed by atoms with Crippen LogP contribution in [0.25, 0.3) is 0 Å². The highest BCUT2D eigenvalue weighted by atomic mass is 32.2. The first kappa shape index (κ1) is 29.1. The van der Waals surface area contributed by atoms with E-state index >= 15 is 0 Å². The van der Waals surface area contributed by atoms with Gasteiger partial charge in [-0.2, -0.15) is 8.78 Å². The number of hydrogen-bond donors (Lipinski definition) is 0. The van der Waals surface area contributed by atoms with Crippen LogP contribution in [-0.4, -0.2) is 30.1 Å². The minimum Gasteiger partial charge on any atom is -0.456 e. The molecule has 0 aliphatic heterocycles. The van der Waals surface area contributed by atoms with E-state index in [0.29, 0.717) is 24.7 Å². The number of carbonyl (C=O) groups is 2. The fraction of sp³-hybridized carbons (Fsp3) is 0.353. The smallest absolute Gasteiger partial charge is 0.377 e. The highest BCUT2D eigenvalue weighted by Gasteiger charge is 2.54. The van der Waals surface area contributed by atoms with Crippen LogP contribution in [0.15, 0.2) is 118 Å². The molecule has 0 amide bonds. The Morgan fingerprint density at radius 1 is 0.829 bits per heavy atom. The molecule has 7 heteroatoms. The zero-order chi connectivity index (χ0) is 29.0.